The highest BCUT2D eigenvalue weighted by atomic mass is 16.2. The standard InChI is InChI=1S/C28H21N3O5/c32-23-13-14-24(33)30(23)19-9-5-17(6-10-19)28(21-3-1-2-4-22(21)29-27(28)36)18-7-11-20(12-8-18)31-25(34)15-16-26(31)35/h1-12H,13-16H2,(H,29,36). The van der Waals surface area contributed by atoms with Crippen molar-refractivity contribution in [3.8, 4) is 0 Å². The lowest BCUT2D eigenvalue weighted by atomic mass is 9.70. The number of carbonyl (C=O) groups excluding carboxylic acids is 5. The average Bonchev–Trinajstić information content (AvgIpc) is 3.51. The molecule has 6 rings (SSSR count). The van der Waals surface area contributed by atoms with E-state index in [1.54, 1.807) is 48.5 Å². The first-order chi connectivity index (χ1) is 17.4. The van der Waals surface area contributed by atoms with E-state index in [0.717, 1.165) is 5.56 Å². The first-order valence-corrected chi connectivity index (χ1v) is 11.7. The van der Waals surface area contributed by atoms with Gasteiger partial charge in [0.25, 0.3) is 0 Å². The molecule has 0 aliphatic carbocycles. The number of amides is 5. The molecule has 3 aromatic rings. The van der Waals surface area contributed by atoms with Crippen LogP contribution in [-0.2, 0) is 29.4 Å². The minimum absolute atomic E-state index is 0.189. The highest BCUT2D eigenvalue weighted by Gasteiger charge is 2.49. The summed E-state index contributed by atoms with van der Waals surface area (Å²) in [7, 11) is 0. The molecule has 1 N–H and O–H groups in total. The van der Waals surface area contributed by atoms with Crippen LogP contribution in [-0.4, -0.2) is 29.5 Å². The maximum atomic E-state index is 13.7. The summed E-state index contributed by atoms with van der Waals surface area (Å²) in [5.41, 5.74) is 2.50. The molecule has 178 valence electrons. The average molecular weight is 479 g/mol. The molecule has 0 radical (unpaired) electrons. The van der Waals surface area contributed by atoms with E-state index in [1.807, 2.05) is 24.3 Å². The van der Waals surface area contributed by atoms with E-state index in [1.165, 1.54) is 9.80 Å². The van der Waals surface area contributed by atoms with Gasteiger partial charge in [0, 0.05) is 36.9 Å². The van der Waals surface area contributed by atoms with Gasteiger partial charge < -0.3 is 5.32 Å². The zero-order valence-electron chi connectivity index (χ0n) is 19.2. The van der Waals surface area contributed by atoms with Crippen molar-refractivity contribution < 1.29 is 24.0 Å². The number of nitrogens with one attached hydrogen (secondary N) is 1. The van der Waals surface area contributed by atoms with E-state index in [-0.39, 0.29) is 55.2 Å². The number of rotatable bonds is 4. The summed E-state index contributed by atoms with van der Waals surface area (Å²) >= 11 is 0. The first kappa shape index (κ1) is 21.9. The van der Waals surface area contributed by atoms with Crippen molar-refractivity contribution in [2.24, 2.45) is 0 Å². The van der Waals surface area contributed by atoms with E-state index >= 15 is 0 Å². The van der Waals surface area contributed by atoms with Crippen molar-refractivity contribution in [3.05, 3.63) is 89.5 Å². The molecule has 0 spiro atoms. The number of hydrogen-bond acceptors (Lipinski definition) is 5. The molecule has 3 aromatic carbocycles. The molecule has 0 atom stereocenters. The molecule has 3 aliphatic heterocycles. The lowest BCUT2D eigenvalue weighted by Gasteiger charge is -2.30. The van der Waals surface area contributed by atoms with Crippen molar-refractivity contribution in [2.45, 2.75) is 31.1 Å². The summed E-state index contributed by atoms with van der Waals surface area (Å²) in [4.78, 5) is 64.9. The summed E-state index contributed by atoms with van der Waals surface area (Å²) in [5, 5.41) is 2.98. The van der Waals surface area contributed by atoms with Gasteiger partial charge in [0.15, 0.2) is 0 Å². The van der Waals surface area contributed by atoms with Gasteiger partial charge in [0.2, 0.25) is 29.5 Å². The number of carbonyl (C=O) groups is 5. The number of hydrogen-bond donors (Lipinski definition) is 1. The lowest BCUT2D eigenvalue weighted by Crippen LogP contribution is -2.37. The third-order valence-corrected chi connectivity index (χ3v) is 7.14. The van der Waals surface area contributed by atoms with Crippen LogP contribution < -0.4 is 15.1 Å². The van der Waals surface area contributed by atoms with Crippen LogP contribution in [0.15, 0.2) is 72.8 Å². The fourth-order valence-electron chi connectivity index (χ4n) is 5.45. The topological polar surface area (TPSA) is 104 Å². The number of para-hydroxylation sites is 1. The Morgan fingerprint density at radius 2 is 0.972 bits per heavy atom. The van der Waals surface area contributed by atoms with Crippen molar-refractivity contribution in [1.29, 1.82) is 0 Å². The van der Waals surface area contributed by atoms with Gasteiger partial charge >= 0.3 is 0 Å². The molecular weight excluding hydrogens is 458 g/mol. The Labute approximate surface area is 206 Å². The Bertz CT molecular complexity index is 1350. The molecule has 0 aromatic heterocycles. The molecule has 0 saturated carbocycles. The normalized spacial score (nSPS) is 18.7. The SMILES string of the molecule is O=C1CCC(=O)N1c1ccc(C2(c3ccc(N4C(=O)CCC4=O)cc3)C(=O)Nc3ccccc32)cc1. The monoisotopic (exact) mass is 479 g/mol. The van der Waals surface area contributed by atoms with Crippen LogP contribution in [0.4, 0.5) is 17.1 Å². The fraction of sp³-hybridized carbons (Fsp3) is 0.179. The maximum absolute atomic E-state index is 13.7. The molecule has 0 bridgehead atoms. The van der Waals surface area contributed by atoms with Crippen molar-refractivity contribution in [2.75, 3.05) is 15.1 Å². The largest absolute Gasteiger partial charge is 0.324 e. The van der Waals surface area contributed by atoms with E-state index in [2.05, 4.69) is 5.32 Å². The van der Waals surface area contributed by atoms with Crippen LogP contribution in [0.5, 0.6) is 0 Å². The van der Waals surface area contributed by atoms with Gasteiger partial charge in [-0.3, -0.25) is 33.8 Å². The summed E-state index contributed by atoms with van der Waals surface area (Å²) in [6.07, 6.45) is 0.757. The highest BCUT2D eigenvalue weighted by molar-refractivity contribution is 6.20. The molecule has 3 aliphatic rings. The Morgan fingerprint density at radius 3 is 1.42 bits per heavy atom. The molecule has 3 heterocycles. The first-order valence-electron chi connectivity index (χ1n) is 11.7. The molecule has 5 amide bonds. The second-order valence-electron chi connectivity index (χ2n) is 9.09. The molecule has 8 nitrogen and oxygen atoms in total. The third-order valence-electron chi connectivity index (χ3n) is 7.14. The van der Waals surface area contributed by atoms with Crippen LogP contribution in [0.3, 0.4) is 0 Å². The van der Waals surface area contributed by atoms with Gasteiger partial charge in [-0.25, -0.2) is 0 Å². The molecule has 8 heteroatoms. The number of nitrogens with zero attached hydrogens (tertiary/aromatic N) is 2. The second kappa shape index (κ2) is 7.98. The number of benzene rings is 3. The number of imide groups is 2. The third kappa shape index (κ3) is 3.04. The summed E-state index contributed by atoms with van der Waals surface area (Å²) in [5.74, 6) is -1.21. The maximum Gasteiger partial charge on any atom is 0.244 e. The van der Waals surface area contributed by atoms with Gasteiger partial charge in [-0.05, 0) is 41.5 Å². The molecule has 2 fully saturated rings. The summed E-state index contributed by atoms with van der Waals surface area (Å²) < 4.78 is 0. The van der Waals surface area contributed by atoms with Crippen LogP contribution in [0.2, 0.25) is 0 Å². The Hall–Kier alpha value is -4.59. The Morgan fingerprint density at radius 1 is 0.556 bits per heavy atom. The molecule has 2 saturated heterocycles. The van der Waals surface area contributed by atoms with Gasteiger partial charge in [0.05, 0.1) is 11.4 Å². The lowest BCUT2D eigenvalue weighted by molar-refractivity contribution is -0.122. The fourth-order valence-corrected chi connectivity index (χ4v) is 5.45. The predicted molar refractivity (Wildman–Crippen MR) is 131 cm³/mol. The van der Waals surface area contributed by atoms with E-state index in [0.29, 0.717) is 28.2 Å². The van der Waals surface area contributed by atoms with Crippen LogP contribution in [0, 0.1) is 0 Å². The minimum atomic E-state index is -1.20. The zero-order valence-corrected chi connectivity index (χ0v) is 19.2. The van der Waals surface area contributed by atoms with E-state index < -0.39 is 5.41 Å². The van der Waals surface area contributed by atoms with Gasteiger partial charge in [-0.1, -0.05) is 42.5 Å². The second-order valence-corrected chi connectivity index (χ2v) is 9.09. The smallest absolute Gasteiger partial charge is 0.244 e. The van der Waals surface area contributed by atoms with Gasteiger partial charge in [-0.2, -0.15) is 0 Å². The van der Waals surface area contributed by atoms with Crippen molar-refractivity contribution in [1.82, 2.24) is 0 Å². The predicted octanol–water partition coefficient (Wildman–Crippen LogP) is 3.28. The zero-order chi connectivity index (χ0) is 25.0. The van der Waals surface area contributed by atoms with E-state index in [9.17, 15) is 24.0 Å². The van der Waals surface area contributed by atoms with Gasteiger partial charge in [0.1, 0.15) is 5.41 Å². The molecule has 36 heavy (non-hydrogen) atoms. The van der Waals surface area contributed by atoms with E-state index in [4.69, 9.17) is 0 Å². The van der Waals surface area contributed by atoms with Crippen LogP contribution in [0.25, 0.3) is 0 Å². The van der Waals surface area contributed by atoms with Gasteiger partial charge in [-0.15, -0.1) is 0 Å². The highest BCUT2D eigenvalue weighted by Crippen LogP contribution is 2.48. The quantitative estimate of drug-likeness (QED) is 0.579. The summed E-state index contributed by atoms with van der Waals surface area (Å²) in [6.45, 7) is 0. The van der Waals surface area contributed by atoms with Crippen molar-refractivity contribution in [3.63, 3.8) is 0 Å². The Kier molecular flexibility index (Phi) is 4.86. The van der Waals surface area contributed by atoms with Crippen LogP contribution in [0.1, 0.15) is 42.4 Å². The summed E-state index contributed by atoms with van der Waals surface area (Å²) in [6, 6.07) is 21.2. The van der Waals surface area contributed by atoms with Crippen molar-refractivity contribution >= 4 is 46.6 Å². The number of anilines is 3. The minimum Gasteiger partial charge on any atom is -0.324 e. The molecular formula is C28H21N3O5. The number of fused-ring (bicyclic) bond motifs is 1. The molecule has 0 unspecified atom stereocenters. The van der Waals surface area contributed by atoms with Crippen LogP contribution >= 0.6 is 0 Å². The Balaban J connectivity index is 1.48.